The number of rotatable bonds is 4. The van der Waals surface area contributed by atoms with Crippen LogP contribution in [0.15, 0.2) is 36.4 Å². The predicted molar refractivity (Wildman–Crippen MR) is 62.5 cm³/mol. The first kappa shape index (κ1) is 10.4. The molecule has 1 aliphatic rings. The first-order valence-corrected chi connectivity index (χ1v) is 5.43. The third-order valence-electron chi connectivity index (χ3n) is 2.76. The van der Waals surface area contributed by atoms with E-state index in [4.69, 9.17) is 5.11 Å². The Morgan fingerprint density at radius 3 is 2.67 bits per heavy atom. The standard InChI is InChI=1S/C13H17NO/c15-11-13-9-14(10-13)8-4-7-12-5-2-1-3-6-12/h1-7,13,15H,8-11H2. The van der Waals surface area contributed by atoms with Crippen LogP contribution in [0.1, 0.15) is 5.56 Å². The lowest BCUT2D eigenvalue weighted by molar-refractivity contribution is 0.0640. The molecule has 1 saturated heterocycles. The second kappa shape index (κ2) is 5.10. The fourth-order valence-electron chi connectivity index (χ4n) is 1.84. The summed E-state index contributed by atoms with van der Waals surface area (Å²) in [5.74, 6) is 0.509. The van der Waals surface area contributed by atoms with Crippen molar-refractivity contribution in [1.29, 1.82) is 0 Å². The van der Waals surface area contributed by atoms with Gasteiger partial charge in [-0.1, -0.05) is 42.5 Å². The zero-order valence-corrected chi connectivity index (χ0v) is 8.84. The normalized spacial score (nSPS) is 18.2. The molecule has 2 nitrogen and oxygen atoms in total. The zero-order chi connectivity index (χ0) is 10.5. The summed E-state index contributed by atoms with van der Waals surface area (Å²) in [6, 6.07) is 10.3. The van der Waals surface area contributed by atoms with Crippen LogP contribution in [0.4, 0.5) is 0 Å². The second-order valence-corrected chi connectivity index (χ2v) is 4.08. The van der Waals surface area contributed by atoms with E-state index in [1.165, 1.54) is 5.56 Å². The van der Waals surface area contributed by atoms with E-state index in [0.717, 1.165) is 19.6 Å². The summed E-state index contributed by atoms with van der Waals surface area (Å²) in [7, 11) is 0. The Kier molecular flexibility index (Phi) is 3.54. The lowest BCUT2D eigenvalue weighted by atomic mass is 10.0. The van der Waals surface area contributed by atoms with Crippen LogP contribution >= 0.6 is 0 Å². The highest BCUT2D eigenvalue weighted by atomic mass is 16.3. The van der Waals surface area contributed by atoms with Crippen molar-refractivity contribution in [2.24, 2.45) is 5.92 Å². The van der Waals surface area contributed by atoms with Crippen molar-refractivity contribution in [2.45, 2.75) is 0 Å². The lowest BCUT2D eigenvalue weighted by Gasteiger charge is -2.37. The quantitative estimate of drug-likeness (QED) is 0.804. The van der Waals surface area contributed by atoms with Crippen molar-refractivity contribution in [3.63, 3.8) is 0 Å². The first-order valence-electron chi connectivity index (χ1n) is 5.43. The molecule has 2 rings (SSSR count). The summed E-state index contributed by atoms with van der Waals surface area (Å²) < 4.78 is 0. The molecule has 0 aliphatic carbocycles. The highest BCUT2D eigenvalue weighted by Crippen LogP contribution is 2.14. The number of nitrogens with zero attached hydrogens (tertiary/aromatic N) is 1. The Labute approximate surface area is 90.8 Å². The molecule has 0 aromatic heterocycles. The number of aliphatic hydroxyl groups excluding tert-OH is 1. The number of hydrogen-bond acceptors (Lipinski definition) is 2. The monoisotopic (exact) mass is 203 g/mol. The van der Waals surface area contributed by atoms with Gasteiger partial charge in [0.2, 0.25) is 0 Å². The molecule has 0 atom stereocenters. The van der Waals surface area contributed by atoms with Crippen LogP contribution in [0.3, 0.4) is 0 Å². The molecular formula is C13H17NO. The van der Waals surface area contributed by atoms with E-state index in [1.54, 1.807) is 0 Å². The van der Waals surface area contributed by atoms with Gasteiger partial charge in [0.05, 0.1) is 0 Å². The van der Waals surface area contributed by atoms with Gasteiger partial charge in [0, 0.05) is 32.2 Å². The average molecular weight is 203 g/mol. The van der Waals surface area contributed by atoms with Crippen LogP contribution in [0, 0.1) is 5.92 Å². The van der Waals surface area contributed by atoms with Crippen molar-refractivity contribution in [1.82, 2.24) is 4.90 Å². The molecule has 1 aromatic rings. The van der Waals surface area contributed by atoms with Crippen molar-refractivity contribution < 1.29 is 5.11 Å². The van der Waals surface area contributed by atoms with E-state index in [-0.39, 0.29) is 0 Å². The maximum atomic E-state index is 8.86. The fourth-order valence-corrected chi connectivity index (χ4v) is 1.84. The van der Waals surface area contributed by atoms with Crippen LogP contribution in [0.2, 0.25) is 0 Å². The Hall–Kier alpha value is -1.12. The van der Waals surface area contributed by atoms with Gasteiger partial charge in [-0.25, -0.2) is 0 Å². The summed E-state index contributed by atoms with van der Waals surface area (Å²) in [5.41, 5.74) is 1.25. The molecule has 1 N–H and O–H groups in total. The number of likely N-dealkylation sites (tertiary alicyclic amines) is 1. The second-order valence-electron chi connectivity index (χ2n) is 4.08. The van der Waals surface area contributed by atoms with Gasteiger partial charge in [-0.2, -0.15) is 0 Å². The van der Waals surface area contributed by atoms with Gasteiger partial charge in [-0.15, -0.1) is 0 Å². The number of aliphatic hydroxyl groups is 1. The molecule has 0 amide bonds. The van der Waals surface area contributed by atoms with Gasteiger partial charge in [-0.05, 0) is 5.56 Å². The number of hydrogen-bond donors (Lipinski definition) is 1. The molecule has 1 fully saturated rings. The van der Waals surface area contributed by atoms with E-state index in [0.29, 0.717) is 12.5 Å². The van der Waals surface area contributed by atoms with Gasteiger partial charge >= 0.3 is 0 Å². The summed E-state index contributed by atoms with van der Waals surface area (Å²) >= 11 is 0. The molecule has 0 saturated carbocycles. The van der Waals surface area contributed by atoms with Crippen molar-refractivity contribution in [3.05, 3.63) is 42.0 Å². The molecule has 15 heavy (non-hydrogen) atoms. The third kappa shape index (κ3) is 2.91. The summed E-state index contributed by atoms with van der Waals surface area (Å²) in [6.45, 7) is 3.40. The topological polar surface area (TPSA) is 23.5 Å². The molecule has 80 valence electrons. The Morgan fingerprint density at radius 1 is 1.27 bits per heavy atom. The molecule has 0 bridgehead atoms. The van der Waals surface area contributed by atoms with Crippen LogP contribution < -0.4 is 0 Å². The zero-order valence-electron chi connectivity index (χ0n) is 8.84. The van der Waals surface area contributed by atoms with Gasteiger partial charge in [0.15, 0.2) is 0 Å². The molecule has 2 heteroatoms. The van der Waals surface area contributed by atoms with Crippen LogP contribution in [0.25, 0.3) is 6.08 Å². The largest absolute Gasteiger partial charge is 0.396 e. The molecule has 0 spiro atoms. The van der Waals surface area contributed by atoms with Crippen LogP contribution in [0.5, 0.6) is 0 Å². The third-order valence-corrected chi connectivity index (χ3v) is 2.76. The molecule has 1 heterocycles. The first-order chi connectivity index (χ1) is 7.38. The predicted octanol–water partition coefficient (Wildman–Crippen LogP) is 1.62. The Bertz CT molecular complexity index is 315. The van der Waals surface area contributed by atoms with Crippen molar-refractivity contribution >= 4 is 6.08 Å². The van der Waals surface area contributed by atoms with E-state index in [2.05, 4.69) is 29.2 Å². The lowest BCUT2D eigenvalue weighted by Crippen LogP contribution is -2.48. The highest BCUT2D eigenvalue weighted by Gasteiger charge is 2.24. The van der Waals surface area contributed by atoms with Crippen molar-refractivity contribution in [2.75, 3.05) is 26.2 Å². The maximum Gasteiger partial charge on any atom is 0.0483 e. The molecule has 1 aliphatic heterocycles. The SMILES string of the molecule is OCC1CN(CC=Cc2ccccc2)C1. The van der Waals surface area contributed by atoms with Gasteiger partial charge in [-0.3, -0.25) is 4.90 Å². The van der Waals surface area contributed by atoms with Crippen molar-refractivity contribution in [3.8, 4) is 0 Å². The minimum Gasteiger partial charge on any atom is -0.396 e. The molecule has 1 aromatic carbocycles. The smallest absolute Gasteiger partial charge is 0.0483 e. The molecule has 0 radical (unpaired) electrons. The minimum atomic E-state index is 0.332. The average Bonchev–Trinajstić information content (AvgIpc) is 2.23. The minimum absolute atomic E-state index is 0.332. The van der Waals surface area contributed by atoms with Crippen LogP contribution in [-0.4, -0.2) is 36.2 Å². The van der Waals surface area contributed by atoms with Gasteiger partial charge < -0.3 is 5.11 Å². The fraction of sp³-hybridized carbons (Fsp3) is 0.385. The van der Waals surface area contributed by atoms with E-state index in [1.807, 2.05) is 18.2 Å². The molecular weight excluding hydrogens is 186 g/mol. The number of benzene rings is 1. The van der Waals surface area contributed by atoms with E-state index >= 15 is 0 Å². The summed E-state index contributed by atoms with van der Waals surface area (Å²) in [4.78, 5) is 2.33. The Morgan fingerprint density at radius 2 is 2.00 bits per heavy atom. The van der Waals surface area contributed by atoms with Gasteiger partial charge in [0.25, 0.3) is 0 Å². The van der Waals surface area contributed by atoms with Gasteiger partial charge in [0.1, 0.15) is 0 Å². The molecule has 0 unspecified atom stereocenters. The van der Waals surface area contributed by atoms with Crippen LogP contribution in [-0.2, 0) is 0 Å². The van der Waals surface area contributed by atoms with E-state index in [9.17, 15) is 0 Å². The summed E-state index contributed by atoms with van der Waals surface area (Å²) in [5, 5.41) is 8.86. The Balaban J connectivity index is 1.73. The summed E-state index contributed by atoms with van der Waals surface area (Å²) in [6.07, 6.45) is 4.33. The van der Waals surface area contributed by atoms with E-state index < -0.39 is 0 Å². The maximum absolute atomic E-state index is 8.86. The highest BCUT2D eigenvalue weighted by molar-refractivity contribution is 5.48.